The topological polar surface area (TPSA) is 45.0 Å². The van der Waals surface area contributed by atoms with Crippen molar-refractivity contribution in [1.29, 1.82) is 5.26 Å². The maximum absolute atomic E-state index is 8.54. The third kappa shape index (κ3) is 5.72. The van der Waals surface area contributed by atoms with Crippen LogP contribution in [0.15, 0.2) is 48.5 Å². The smallest absolute Gasteiger partial charge is 0.119 e. The number of benzene rings is 2. The second kappa shape index (κ2) is 9.75. The van der Waals surface area contributed by atoms with Crippen LogP contribution in [0.3, 0.4) is 0 Å². The van der Waals surface area contributed by atoms with Gasteiger partial charge in [-0.05, 0) is 48.6 Å². The Hall–Kier alpha value is -2.31. The van der Waals surface area contributed by atoms with E-state index in [0.29, 0.717) is 19.1 Å². The Balaban J connectivity index is 1.85. The van der Waals surface area contributed by atoms with Crippen molar-refractivity contribution in [3.05, 3.63) is 65.2 Å². The molecule has 0 aliphatic heterocycles. The van der Waals surface area contributed by atoms with Gasteiger partial charge in [-0.15, -0.1) is 0 Å². The molecule has 0 saturated carbocycles. The summed E-state index contributed by atoms with van der Waals surface area (Å²) in [6.07, 6.45) is 2.38. The molecule has 0 aromatic heterocycles. The number of aryl methyl sites for hydroxylation is 1. The summed E-state index contributed by atoms with van der Waals surface area (Å²) in [5.41, 5.74) is 3.87. The second-order valence-electron chi connectivity index (χ2n) is 5.96. The van der Waals surface area contributed by atoms with Gasteiger partial charge in [0.15, 0.2) is 0 Å². The zero-order valence-corrected chi connectivity index (χ0v) is 14.6. The van der Waals surface area contributed by atoms with Gasteiger partial charge in [-0.2, -0.15) is 5.26 Å². The fourth-order valence-electron chi connectivity index (χ4n) is 2.52. The van der Waals surface area contributed by atoms with Crippen molar-refractivity contribution in [2.75, 3.05) is 6.61 Å². The molecule has 0 fully saturated rings. The summed E-state index contributed by atoms with van der Waals surface area (Å²) in [6, 6.07) is 19.4. The van der Waals surface area contributed by atoms with Crippen LogP contribution >= 0.6 is 0 Å². The first-order valence-electron chi connectivity index (χ1n) is 8.64. The van der Waals surface area contributed by atoms with E-state index in [4.69, 9.17) is 10.00 Å². The molecule has 0 radical (unpaired) electrons. The molecule has 0 heterocycles. The molecule has 126 valence electrons. The predicted octanol–water partition coefficient (Wildman–Crippen LogP) is 4.78. The molecule has 1 N–H and O–H groups in total. The van der Waals surface area contributed by atoms with Crippen molar-refractivity contribution in [1.82, 2.24) is 5.32 Å². The fraction of sp³-hybridized carbons (Fsp3) is 0.381. The molecule has 0 spiro atoms. The van der Waals surface area contributed by atoms with Crippen molar-refractivity contribution >= 4 is 0 Å². The lowest BCUT2D eigenvalue weighted by Crippen LogP contribution is -2.18. The monoisotopic (exact) mass is 322 g/mol. The highest BCUT2D eigenvalue weighted by molar-refractivity contribution is 5.29. The lowest BCUT2D eigenvalue weighted by molar-refractivity contribution is 0.312. The maximum atomic E-state index is 8.54. The predicted molar refractivity (Wildman–Crippen MR) is 97.9 cm³/mol. The second-order valence-corrected chi connectivity index (χ2v) is 5.96. The Bertz CT molecular complexity index is 658. The van der Waals surface area contributed by atoms with E-state index in [1.807, 2.05) is 12.1 Å². The van der Waals surface area contributed by atoms with Gasteiger partial charge in [0.05, 0.1) is 12.7 Å². The van der Waals surface area contributed by atoms with Crippen molar-refractivity contribution in [3.63, 3.8) is 0 Å². The summed E-state index contributed by atoms with van der Waals surface area (Å²) >= 11 is 0. The Labute approximate surface area is 145 Å². The number of hydrogen-bond donors (Lipinski definition) is 1. The number of nitrogens with zero attached hydrogens (tertiary/aromatic N) is 1. The quantitative estimate of drug-likeness (QED) is 0.676. The molecule has 2 aromatic rings. The summed E-state index contributed by atoms with van der Waals surface area (Å²) in [7, 11) is 0. The fourth-order valence-corrected chi connectivity index (χ4v) is 2.52. The summed E-state index contributed by atoms with van der Waals surface area (Å²) in [4.78, 5) is 0. The van der Waals surface area contributed by atoms with Gasteiger partial charge in [0.25, 0.3) is 0 Å². The Kier molecular flexibility index (Phi) is 7.32. The van der Waals surface area contributed by atoms with Gasteiger partial charge in [-0.3, -0.25) is 0 Å². The molecule has 0 aliphatic carbocycles. The summed E-state index contributed by atoms with van der Waals surface area (Å²) in [5.74, 6) is 0.868. The molecule has 0 bridgehead atoms. The summed E-state index contributed by atoms with van der Waals surface area (Å²) < 4.78 is 5.69. The van der Waals surface area contributed by atoms with E-state index in [1.54, 1.807) is 0 Å². The molecule has 1 unspecified atom stereocenters. The van der Waals surface area contributed by atoms with Crippen LogP contribution in [-0.4, -0.2) is 6.61 Å². The highest BCUT2D eigenvalue weighted by Crippen LogP contribution is 2.17. The highest BCUT2D eigenvalue weighted by atomic mass is 16.5. The Morgan fingerprint density at radius 2 is 1.92 bits per heavy atom. The van der Waals surface area contributed by atoms with Crippen molar-refractivity contribution < 1.29 is 4.74 Å². The highest BCUT2D eigenvalue weighted by Gasteiger charge is 2.05. The van der Waals surface area contributed by atoms with Gasteiger partial charge in [-0.25, -0.2) is 0 Å². The van der Waals surface area contributed by atoms with Gasteiger partial charge >= 0.3 is 0 Å². The minimum absolute atomic E-state index is 0.302. The van der Waals surface area contributed by atoms with E-state index in [9.17, 15) is 0 Å². The van der Waals surface area contributed by atoms with Crippen LogP contribution in [0.4, 0.5) is 0 Å². The van der Waals surface area contributed by atoms with Crippen LogP contribution in [0.5, 0.6) is 5.75 Å². The lowest BCUT2D eigenvalue weighted by atomic mass is 10.0. The van der Waals surface area contributed by atoms with Crippen molar-refractivity contribution in [2.45, 2.75) is 45.7 Å². The number of rotatable bonds is 9. The minimum Gasteiger partial charge on any atom is -0.494 e. The molecule has 0 aliphatic rings. The van der Waals surface area contributed by atoms with Gasteiger partial charge in [0, 0.05) is 19.0 Å². The molecule has 24 heavy (non-hydrogen) atoms. The van der Waals surface area contributed by atoms with E-state index in [0.717, 1.165) is 25.1 Å². The zero-order valence-electron chi connectivity index (χ0n) is 14.6. The number of unbranched alkanes of at least 4 members (excludes halogenated alkanes) is 1. The first-order chi connectivity index (χ1) is 11.7. The summed E-state index contributed by atoms with van der Waals surface area (Å²) in [5, 5.41) is 12.1. The van der Waals surface area contributed by atoms with E-state index in [-0.39, 0.29) is 0 Å². The standard InChI is InChI=1S/C21H26N2O/c1-3-18-9-11-20(12-10-18)17(2)23-16-19-7-6-8-21(15-19)24-14-5-4-13-22/h6-12,15,17,23H,3-5,14,16H2,1-2H3. The van der Waals surface area contributed by atoms with Crippen LogP contribution in [0, 0.1) is 11.3 Å². The Morgan fingerprint density at radius 3 is 2.62 bits per heavy atom. The Morgan fingerprint density at radius 1 is 1.12 bits per heavy atom. The van der Waals surface area contributed by atoms with Gasteiger partial charge in [0.2, 0.25) is 0 Å². The largest absolute Gasteiger partial charge is 0.494 e. The molecule has 1 atom stereocenters. The van der Waals surface area contributed by atoms with Crippen molar-refractivity contribution in [2.24, 2.45) is 0 Å². The van der Waals surface area contributed by atoms with E-state index in [2.05, 4.69) is 61.6 Å². The minimum atomic E-state index is 0.302. The third-order valence-corrected chi connectivity index (χ3v) is 4.10. The first-order valence-corrected chi connectivity index (χ1v) is 8.64. The van der Waals surface area contributed by atoms with Gasteiger partial charge in [-0.1, -0.05) is 43.3 Å². The van der Waals surface area contributed by atoms with Crippen LogP contribution in [0.1, 0.15) is 49.4 Å². The van der Waals surface area contributed by atoms with Crippen LogP contribution in [0.2, 0.25) is 0 Å². The normalized spacial score (nSPS) is 11.7. The molecule has 2 rings (SSSR count). The van der Waals surface area contributed by atoms with E-state index >= 15 is 0 Å². The molecule has 3 heteroatoms. The average Bonchev–Trinajstić information content (AvgIpc) is 2.64. The summed E-state index contributed by atoms with van der Waals surface area (Å²) in [6.45, 7) is 5.74. The van der Waals surface area contributed by atoms with Crippen molar-refractivity contribution in [3.8, 4) is 11.8 Å². The zero-order chi connectivity index (χ0) is 17.2. The number of nitriles is 1. The molecule has 2 aromatic carbocycles. The molecular weight excluding hydrogens is 296 g/mol. The first kappa shape index (κ1) is 18.0. The number of nitrogens with one attached hydrogen (secondary N) is 1. The van der Waals surface area contributed by atoms with Crippen LogP contribution in [0.25, 0.3) is 0 Å². The molecule has 0 amide bonds. The molecular formula is C21H26N2O. The SMILES string of the molecule is CCc1ccc(C(C)NCc2cccc(OCCCC#N)c2)cc1. The van der Waals surface area contributed by atoms with E-state index in [1.165, 1.54) is 16.7 Å². The van der Waals surface area contributed by atoms with E-state index < -0.39 is 0 Å². The van der Waals surface area contributed by atoms with Gasteiger partial charge < -0.3 is 10.1 Å². The molecule has 0 saturated heterocycles. The lowest BCUT2D eigenvalue weighted by Gasteiger charge is -2.15. The maximum Gasteiger partial charge on any atom is 0.119 e. The number of hydrogen-bond acceptors (Lipinski definition) is 3. The third-order valence-electron chi connectivity index (χ3n) is 4.10. The van der Waals surface area contributed by atoms with Crippen LogP contribution in [-0.2, 0) is 13.0 Å². The number of ether oxygens (including phenoxy) is 1. The van der Waals surface area contributed by atoms with Crippen LogP contribution < -0.4 is 10.1 Å². The van der Waals surface area contributed by atoms with Gasteiger partial charge in [0.1, 0.15) is 5.75 Å². The average molecular weight is 322 g/mol. The molecule has 3 nitrogen and oxygen atoms in total.